The van der Waals surface area contributed by atoms with Gasteiger partial charge >= 0.3 is 0 Å². The summed E-state index contributed by atoms with van der Waals surface area (Å²) in [7, 11) is 0. The fraction of sp³-hybridized carbons (Fsp3) is 0.231. The predicted octanol–water partition coefficient (Wildman–Crippen LogP) is 4.85. The van der Waals surface area contributed by atoms with E-state index in [0.717, 1.165) is 5.56 Å². The van der Waals surface area contributed by atoms with E-state index in [-0.39, 0.29) is 43.0 Å². The number of nitrogens with one attached hydrogen (secondary N) is 1. The van der Waals surface area contributed by atoms with Crippen LogP contribution in [0.4, 0.5) is 14.5 Å². The van der Waals surface area contributed by atoms with Gasteiger partial charge in [-0.25, -0.2) is 8.78 Å². The lowest BCUT2D eigenvalue weighted by Crippen LogP contribution is -2.39. The molecule has 0 spiro atoms. The number of ether oxygens (including phenoxy) is 1. The number of amides is 2. The smallest absolute Gasteiger partial charge is 0.264 e. The highest BCUT2D eigenvalue weighted by Crippen LogP contribution is 2.30. The summed E-state index contributed by atoms with van der Waals surface area (Å²) in [5.41, 5.74) is 2.39. The number of benzene rings is 3. The average molecular weight is 450 g/mol. The van der Waals surface area contributed by atoms with Gasteiger partial charge in [-0.2, -0.15) is 0 Å². The van der Waals surface area contributed by atoms with Crippen molar-refractivity contribution >= 4 is 17.5 Å². The normalized spacial score (nSPS) is 15.4. The van der Waals surface area contributed by atoms with E-state index in [0.29, 0.717) is 29.0 Å². The van der Waals surface area contributed by atoms with Crippen LogP contribution < -0.4 is 10.1 Å². The molecule has 1 heterocycles. The Labute approximate surface area is 191 Å². The molecule has 2 amide bonds. The Morgan fingerprint density at radius 3 is 2.58 bits per heavy atom. The third-order valence-corrected chi connectivity index (χ3v) is 5.53. The third kappa shape index (κ3) is 5.37. The van der Waals surface area contributed by atoms with Crippen molar-refractivity contribution in [2.75, 3.05) is 5.32 Å². The molecule has 3 aromatic rings. The van der Waals surface area contributed by atoms with E-state index >= 15 is 0 Å². The minimum absolute atomic E-state index is 0.101. The van der Waals surface area contributed by atoms with Gasteiger partial charge in [0.25, 0.3) is 5.91 Å². The van der Waals surface area contributed by atoms with Crippen LogP contribution in [0.25, 0.3) is 0 Å². The summed E-state index contributed by atoms with van der Waals surface area (Å²) < 4.78 is 33.2. The molecule has 0 fully saturated rings. The molecule has 33 heavy (non-hydrogen) atoms. The zero-order chi connectivity index (χ0) is 23.4. The van der Waals surface area contributed by atoms with Crippen molar-refractivity contribution in [3.05, 3.63) is 95.1 Å². The SMILES string of the molecule is CC[C@@H]1Oc2ccc(NC(=O)Cc3ccc(F)cc3)cc2CN(Cc2ccccc2F)C1=O. The summed E-state index contributed by atoms with van der Waals surface area (Å²) in [6.07, 6.45) is -0.0942. The molecule has 0 radical (unpaired) electrons. The number of hydrogen-bond donors (Lipinski definition) is 1. The zero-order valence-electron chi connectivity index (χ0n) is 18.2. The van der Waals surface area contributed by atoms with Gasteiger partial charge in [0.2, 0.25) is 5.91 Å². The molecule has 0 bridgehead atoms. The van der Waals surface area contributed by atoms with E-state index in [1.54, 1.807) is 53.4 Å². The third-order valence-electron chi connectivity index (χ3n) is 5.53. The van der Waals surface area contributed by atoms with E-state index in [9.17, 15) is 18.4 Å². The summed E-state index contributed by atoms with van der Waals surface area (Å²) in [6.45, 7) is 2.20. The van der Waals surface area contributed by atoms with Gasteiger partial charge in [-0.1, -0.05) is 37.3 Å². The molecule has 0 unspecified atom stereocenters. The zero-order valence-corrected chi connectivity index (χ0v) is 18.2. The van der Waals surface area contributed by atoms with Gasteiger partial charge in [0.1, 0.15) is 17.4 Å². The standard InChI is InChI=1S/C26H24F2N2O3/c1-2-23-26(32)30(15-18-5-3-4-6-22(18)28)16-19-14-21(11-12-24(19)33-23)29-25(31)13-17-7-9-20(27)10-8-17/h3-12,14,23H,2,13,15-16H2,1H3,(H,29,31)/t23-/m0/s1. The highest BCUT2D eigenvalue weighted by molar-refractivity contribution is 5.92. The Kier molecular flexibility index (Phi) is 6.68. The molecule has 3 aromatic carbocycles. The summed E-state index contributed by atoms with van der Waals surface area (Å²) in [6, 6.07) is 17.3. The van der Waals surface area contributed by atoms with Crippen LogP contribution in [0.15, 0.2) is 66.7 Å². The molecule has 0 saturated carbocycles. The van der Waals surface area contributed by atoms with E-state index in [1.165, 1.54) is 18.2 Å². The van der Waals surface area contributed by atoms with E-state index < -0.39 is 6.10 Å². The van der Waals surface area contributed by atoms with Crippen molar-refractivity contribution in [3.8, 4) is 5.75 Å². The summed E-state index contributed by atoms with van der Waals surface area (Å²) in [5, 5.41) is 2.83. The van der Waals surface area contributed by atoms with Crippen LogP contribution in [-0.2, 0) is 29.1 Å². The molecule has 1 aliphatic rings. The lowest BCUT2D eigenvalue weighted by atomic mass is 10.1. The van der Waals surface area contributed by atoms with Gasteiger partial charge in [-0.05, 0) is 48.4 Å². The van der Waals surface area contributed by atoms with Crippen LogP contribution in [0.1, 0.15) is 30.0 Å². The van der Waals surface area contributed by atoms with Crippen molar-refractivity contribution in [1.29, 1.82) is 0 Å². The number of nitrogens with zero attached hydrogens (tertiary/aromatic N) is 1. The Morgan fingerprint density at radius 1 is 1.09 bits per heavy atom. The molecule has 0 aliphatic carbocycles. The van der Waals surface area contributed by atoms with Crippen LogP contribution >= 0.6 is 0 Å². The van der Waals surface area contributed by atoms with Gasteiger partial charge in [0, 0.05) is 29.9 Å². The van der Waals surface area contributed by atoms with Gasteiger partial charge in [0.05, 0.1) is 6.42 Å². The average Bonchev–Trinajstić information content (AvgIpc) is 2.93. The number of halogens is 2. The maximum atomic E-state index is 14.2. The number of anilines is 1. The van der Waals surface area contributed by atoms with Gasteiger partial charge in [-0.15, -0.1) is 0 Å². The molecule has 4 rings (SSSR count). The van der Waals surface area contributed by atoms with Crippen molar-refractivity contribution in [2.24, 2.45) is 0 Å². The Morgan fingerprint density at radius 2 is 1.85 bits per heavy atom. The second kappa shape index (κ2) is 9.81. The van der Waals surface area contributed by atoms with Crippen LogP contribution in [-0.4, -0.2) is 22.8 Å². The first-order valence-corrected chi connectivity index (χ1v) is 10.8. The molecular formula is C26H24F2N2O3. The second-order valence-electron chi connectivity index (χ2n) is 7.97. The highest BCUT2D eigenvalue weighted by Gasteiger charge is 2.30. The molecule has 0 saturated heterocycles. The van der Waals surface area contributed by atoms with E-state index in [2.05, 4.69) is 5.32 Å². The molecule has 1 N–H and O–H groups in total. The number of fused-ring (bicyclic) bond motifs is 1. The van der Waals surface area contributed by atoms with Gasteiger partial charge < -0.3 is 15.0 Å². The maximum absolute atomic E-state index is 14.2. The first kappa shape index (κ1) is 22.5. The summed E-state index contributed by atoms with van der Waals surface area (Å²) in [4.78, 5) is 27.1. The Balaban J connectivity index is 1.53. The Hall–Kier alpha value is -3.74. The molecule has 5 nitrogen and oxygen atoms in total. The molecular weight excluding hydrogens is 426 g/mol. The second-order valence-corrected chi connectivity index (χ2v) is 7.97. The van der Waals surface area contributed by atoms with Crippen molar-refractivity contribution < 1.29 is 23.1 Å². The van der Waals surface area contributed by atoms with Crippen molar-refractivity contribution in [2.45, 2.75) is 39.0 Å². The van der Waals surface area contributed by atoms with Crippen LogP contribution in [0.5, 0.6) is 5.75 Å². The minimum Gasteiger partial charge on any atom is -0.480 e. The number of hydrogen-bond acceptors (Lipinski definition) is 3. The highest BCUT2D eigenvalue weighted by atomic mass is 19.1. The Bertz CT molecular complexity index is 1160. The number of carbonyl (C=O) groups is 2. The molecule has 0 aromatic heterocycles. The molecule has 1 atom stereocenters. The fourth-order valence-corrected chi connectivity index (χ4v) is 3.80. The first-order valence-electron chi connectivity index (χ1n) is 10.8. The fourth-order valence-electron chi connectivity index (χ4n) is 3.80. The summed E-state index contributed by atoms with van der Waals surface area (Å²) in [5.74, 6) is -0.626. The van der Waals surface area contributed by atoms with Crippen LogP contribution in [0, 0.1) is 11.6 Å². The van der Waals surface area contributed by atoms with Crippen LogP contribution in [0.3, 0.4) is 0 Å². The lowest BCUT2D eigenvalue weighted by Gasteiger charge is -2.23. The molecule has 1 aliphatic heterocycles. The van der Waals surface area contributed by atoms with Crippen molar-refractivity contribution in [1.82, 2.24) is 4.90 Å². The van der Waals surface area contributed by atoms with E-state index in [4.69, 9.17) is 4.74 Å². The molecule has 7 heteroatoms. The largest absolute Gasteiger partial charge is 0.480 e. The van der Waals surface area contributed by atoms with E-state index in [1.807, 2.05) is 6.92 Å². The molecule has 170 valence electrons. The first-order chi connectivity index (χ1) is 15.9. The lowest BCUT2D eigenvalue weighted by molar-refractivity contribution is -0.139. The number of carbonyl (C=O) groups excluding carboxylic acids is 2. The number of rotatable bonds is 6. The quantitative estimate of drug-likeness (QED) is 0.584. The predicted molar refractivity (Wildman–Crippen MR) is 121 cm³/mol. The van der Waals surface area contributed by atoms with Crippen molar-refractivity contribution in [3.63, 3.8) is 0 Å². The summed E-state index contributed by atoms with van der Waals surface area (Å²) >= 11 is 0. The van der Waals surface area contributed by atoms with Gasteiger partial charge in [0.15, 0.2) is 6.10 Å². The monoisotopic (exact) mass is 450 g/mol. The topological polar surface area (TPSA) is 58.6 Å². The van der Waals surface area contributed by atoms with Gasteiger partial charge in [-0.3, -0.25) is 9.59 Å². The maximum Gasteiger partial charge on any atom is 0.264 e. The van der Waals surface area contributed by atoms with Crippen LogP contribution in [0.2, 0.25) is 0 Å². The minimum atomic E-state index is -0.669.